The van der Waals surface area contributed by atoms with Crippen LogP contribution in [0.4, 0.5) is 4.39 Å². The molecule has 0 aliphatic rings. The number of fused-ring (bicyclic) bond motifs is 1. The lowest BCUT2D eigenvalue weighted by Gasteiger charge is -2.01. The molecule has 116 valence electrons. The van der Waals surface area contributed by atoms with Gasteiger partial charge in [0.2, 0.25) is 0 Å². The lowest BCUT2D eigenvalue weighted by molar-refractivity contribution is -0.117. The van der Waals surface area contributed by atoms with Crippen LogP contribution in [-0.2, 0) is 17.8 Å². The molecule has 0 N–H and O–H groups in total. The van der Waals surface area contributed by atoms with Crippen molar-refractivity contribution in [3.05, 3.63) is 77.4 Å². The number of nitrogens with zero attached hydrogens (tertiary/aromatic N) is 2. The van der Waals surface area contributed by atoms with Crippen LogP contribution in [-0.4, -0.2) is 10.5 Å². The van der Waals surface area contributed by atoms with Gasteiger partial charge in [-0.15, -0.1) is 6.58 Å². The van der Waals surface area contributed by atoms with Gasteiger partial charge >= 0.3 is 0 Å². The molecule has 5 heteroatoms. The van der Waals surface area contributed by atoms with Crippen LogP contribution in [0.15, 0.2) is 66.2 Å². The summed E-state index contributed by atoms with van der Waals surface area (Å²) in [6.45, 7) is 4.25. The Labute approximate surface area is 137 Å². The minimum atomic E-state index is -0.299. The maximum absolute atomic E-state index is 13.4. The second kappa shape index (κ2) is 6.71. The van der Waals surface area contributed by atoms with Crippen LogP contribution >= 0.6 is 11.3 Å². The number of carbonyl (C=O) groups excluding carboxylic acids is 1. The van der Waals surface area contributed by atoms with E-state index in [0.29, 0.717) is 11.3 Å². The fourth-order valence-corrected chi connectivity index (χ4v) is 3.44. The molecule has 0 saturated carbocycles. The molecule has 1 aromatic heterocycles. The normalized spacial score (nSPS) is 11.8. The summed E-state index contributed by atoms with van der Waals surface area (Å²) in [6, 6.07) is 14.0. The van der Waals surface area contributed by atoms with E-state index in [9.17, 15) is 9.18 Å². The van der Waals surface area contributed by atoms with Crippen molar-refractivity contribution >= 4 is 27.5 Å². The van der Waals surface area contributed by atoms with Gasteiger partial charge in [0, 0.05) is 6.54 Å². The number of rotatable bonds is 4. The van der Waals surface area contributed by atoms with Crippen LogP contribution in [0.25, 0.3) is 10.2 Å². The van der Waals surface area contributed by atoms with Gasteiger partial charge in [0.05, 0.1) is 16.6 Å². The highest BCUT2D eigenvalue weighted by Crippen LogP contribution is 2.18. The molecular formula is C18H15FN2OS. The molecule has 3 rings (SSSR count). The Morgan fingerprint density at radius 3 is 2.78 bits per heavy atom. The summed E-state index contributed by atoms with van der Waals surface area (Å²) in [4.78, 5) is 17.0. The summed E-state index contributed by atoms with van der Waals surface area (Å²) in [5.74, 6) is -0.521. The lowest BCUT2D eigenvalue weighted by atomic mass is 10.1. The van der Waals surface area contributed by atoms with Gasteiger partial charge in [-0.3, -0.25) is 4.79 Å². The lowest BCUT2D eigenvalue weighted by Crippen LogP contribution is -2.16. The van der Waals surface area contributed by atoms with Gasteiger partial charge in [-0.05, 0) is 23.8 Å². The van der Waals surface area contributed by atoms with Gasteiger partial charge in [0.1, 0.15) is 5.82 Å². The van der Waals surface area contributed by atoms with E-state index in [1.165, 1.54) is 23.5 Å². The average molecular weight is 326 g/mol. The average Bonchev–Trinajstić information content (AvgIpc) is 2.85. The Morgan fingerprint density at radius 1 is 1.26 bits per heavy atom. The van der Waals surface area contributed by atoms with Crippen LogP contribution in [0.5, 0.6) is 0 Å². The fourth-order valence-electron chi connectivity index (χ4n) is 2.35. The number of aromatic nitrogens is 1. The van der Waals surface area contributed by atoms with E-state index in [-0.39, 0.29) is 18.1 Å². The van der Waals surface area contributed by atoms with Crippen molar-refractivity contribution < 1.29 is 9.18 Å². The van der Waals surface area contributed by atoms with Gasteiger partial charge < -0.3 is 4.57 Å². The molecule has 3 nitrogen and oxygen atoms in total. The highest BCUT2D eigenvalue weighted by Gasteiger charge is 2.08. The number of amides is 1. The molecule has 1 heterocycles. The number of thiazole rings is 1. The summed E-state index contributed by atoms with van der Waals surface area (Å²) < 4.78 is 16.0. The number of halogens is 1. The second-order valence-electron chi connectivity index (χ2n) is 5.06. The molecule has 0 spiro atoms. The number of benzene rings is 2. The van der Waals surface area contributed by atoms with Crippen LogP contribution in [0, 0.1) is 5.82 Å². The minimum absolute atomic E-state index is 0.221. The quantitative estimate of drug-likeness (QED) is 0.673. The molecule has 0 saturated heterocycles. The molecule has 0 atom stereocenters. The van der Waals surface area contributed by atoms with Gasteiger partial charge in [0.15, 0.2) is 4.80 Å². The molecule has 0 unspecified atom stereocenters. The van der Waals surface area contributed by atoms with Crippen molar-refractivity contribution in [2.45, 2.75) is 13.0 Å². The minimum Gasteiger partial charge on any atom is -0.313 e. The molecule has 0 radical (unpaired) electrons. The first kappa shape index (κ1) is 15.4. The summed E-state index contributed by atoms with van der Waals surface area (Å²) in [5, 5.41) is 0. The molecule has 0 aliphatic carbocycles. The molecule has 2 aromatic carbocycles. The van der Waals surface area contributed by atoms with Crippen molar-refractivity contribution in [3.8, 4) is 0 Å². The first-order valence-corrected chi connectivity index (χ1v) is 8.00. The standard InChI is InChI=1S/C18H15FN2OS/c1-2-10-21-15-9-8-14(19)12-16(15)23-18(21)20-17(22)11-13-6-4-3-5-7-13/h2-9,12H,1,10-11H2. The van der Waals surface area contributed by atoms with E-state index < -0.39 is 0 Å². The van der Waals surface area contributed by atoms with Crippen LogP contribution in [0.2, 0.25) is 0 Å². The third-order valence-electron chi connectivity index (χ3n) is 3.37. The van der Waals surface area contributed by atoms with E-state index in [1.54, 1.807) is 12.1 Å². The van der Waals surface area contributed by atoms with Crippen molar-refractivity contribution in [2.75, 3.05) is 0 Å². The fraction of sp³-hybridized carbons (Fsp3) is 0.111. The molecule has 1 amide bonds. The monoisotopic (exact) mass is 326 g/mol. The first-order valence-electron chi connectivity index (χ1n) is 7.18. The highest BCUT2D eigenvalue weighted by atomic mass is 32.1. The maximum Gasteiger partial charge on any atom is 0.252 e. The zero-order valence-corrected chi connectivity index (χ0v) is 13.2. The SMILES string of the molecule is C=CCn1c(=NC(=O)Cc2ccccc2)sc2cc(F)ccc21. The van der Waals surface area contributed by atoms with E-state index in [2.05, 4.69) is 11.6 Å². The van der Waals surface area contributed by atoms with Crippen molar-refractivity contribution in [2.24, 2.45) is 4.99 Å². The van der Waals surface area contributed by atoms with Crippen molar-refractivity contribution in [3.63, 3.8) is 0 Å². The third-order valence-corrected chi connectivity index (χ3v) is 4.42. The van der Waals surface area contributed by atoms with E-state index >= 15 is 0 Å². The first-order chi connectivity index (χ1) is 11.2. The van der Waals surface area contributed by atoms with Crippen LogP contribution < -0.4 is 4.80 Å². The molecule has 23 heavy (non-hydrogen) atoms. The van der Waals surface area contributed by atoms with E-state index in [0.717, 1.165) is 15.8 Å². The van der Waals surface area contributed by atoms with Gasteiger partial charge in [-0.2, -0.15) is 4.99 Å². The van der Waals surface area contributed by atoms with Gasteiger partial charge in [-0.1, -0.05) is 47.7 Å². The molecule has 0 fully saturated rings. The van der Waals surface area contributed by atoms with Crippen molar-refractivity contribution in [1.29, 1.82) is 0 Å². The topological polar surface area (TPSA) is 34.4 Å². The Morgan fingerprint density at radius 2 is 2.04 bits per heavy atom. The van der Waals surface area contributed by atoms with E-state index in [4.69, 9.17) is 0 Å². The zero-order valence-electron chi connectivity index (χ0n) is 12.4. The number of hydrogen-bond acceptors (Lipinski definition) is 2. The summed E-state index contributed by atoms with van der Waals surface area (Å²) in [7, 11) is 0. The largest absolute Gasteiger partial charge is 0.313 e. The molecule has 0 bridgehead atoms. The van der Waals surface area contributed by atoms with Gasteiger partial charge in [0.25, 0.3) is 5.91 Å². The summed E-state index contributed by atoms with van der Waals surface area (Å²) >= 11 is 1.30. The van der Waals surface area contributed by atoms with E-state index in [1.807, 2.05) is 34.9 Å². The number of carbonyl (C=O) groups is 1. The zero-order chi connectivity index (χ0) is 16.2. The Kier molecular flexibility index (Phi) is 4.48. The Hall–Kier alpha value is -2.53. The molecule has 0 aliphatic heterocycles. The predicted octanol–water partition coefficient (Wildman–Crippen LogP) is 3.70. The van der Waals surface area contributed by atoms with Crippen LogP contribution in [0.3, 0.4) is 0 Å². The smallest absolute Gasteiger partial charge is 0.252 e. The maximum atomic E-state index is 13.4. The summed E-state index contributed by atoms with van der Waals surface area (Å²) in [6.07, 6.45) is 1.98. The van der Waals surface area contributed by atoms with Gasteiger partial charge in [-0.25, -0.2) is 4.39 Å². The third kappa shape index (κ3) is 3.46. The number of hydrogen-bond donors (Lipinski definition) is 0. The predicted molar refractivity (Wildman–Crippen MR) is 90.7 cm³/mol. The Balaban J connectivity index is 2.02. The molecule has 3 aromatic rings. The Bertz CT molecular complexity index is 925. The van der Waals surface area contributed by atoms with Crippen LogP contribution in [0.1, 0.15) is 5.56 Å². The summed E-state index contributed by atoms with van der Waals surface area (Å²) in [5.41, 5.74) is 1.77. The second-order valence-corrected chi connectivity index (χ2v) is 6.07. The molecular weight excluding hydrogens is 311 g/mol. The van der Waals surface area contributed by atoms with Crippen molar-refractivity contribution in [1.82, 2.24) is 4.57 Å². The number of allylic oxidation sites excluding steroid dienone is 1. The highest BCUT2D eigenvalue weighted by molar-refractivity contribution is 7.16.